The Kier molecular flexibility index (Phi) is 3.05. The molecule has 3 nitrogen and oxygen atoms in total. The van der Waals surface area contributed by atoms with E-state index < -0.39 is 0 Å². The van der Waals surface area contributed by atoms with Gasteiger partial charge in [0.15, 0.2) is 0 Å². The first-order valence-corrected chi connectivity index (χ1v) is 5.14. The van der Waals surface area contributed by atoms with E-state index in [0.29, 0.717) is 0 Å². The predicted octanol–water partition coefficient (Wildman–Crippen LogP) is 2.93. The van der Waals surface area contributed by atoms with Gasteiger partial charge in [0.1, 0.15) is 5.69 Å². The molecule has 3 heteroatoms. The molecule has 0 spiro atoms. The second-order valence-corrected chi connectivity index (χ2v) is 3.62. The zero-order valence-electron chi connectivity index (χ0n) is 9.38. The van der Waals surface area contributed by atoms with Gasteiger partial charge in [-0.3, -0.25) is 15.0 Å². The molecule has 0 unspecified atom stereocenters. The van der Waals surface area contributed by atoms with Gasteiger partial charge in [-0.15, -0.1) is 0 Å². The number of aromatic nitrogens is 2. The standard InChI is InChI=1S/C13H13N3/c1-10-3-5-12(6-4-10)16-11(2)13-9-14-7-8-15-13/h3-9H,1-2H3. The number of aliphatic imine (C=N–C) groups is 1. The summed E-state index contributed by atoms with van der Waals surface area (Å²) >= 11 is 0. The van der Waals surface area contributed by atoms with Crippen LogP contribution in [0.5, 0.6) is 0 Å². The summed E-state index contributed by atoms with van der Waals surface area (Å²) in [5.41, 5.74) is 3.85. The van der Waals surface area contributed by atoms with Gasteiger partial charge in [-0.1, -0.05) is 17.7 Å². The molecular formula is C13H13N3. The van der Waals surface area contributed by atoms with Gasteiger partial charge in [0.2, 0.25) is 0 Å². The number of hydrogen-bond donors (Lipinski definition) is 0. The topological polar surface area (TPSA) is 38.1 Å². The molecule has 2 aromatic rings. The molecule has 1 aromatic heterocycles. The molecule has 80 valence electrons. The molecule has 0 saturated carbocycles. The molecule has 0 aliphatic heterocycles. The third-order valence-electron chi connectivity index (χ3n) is 2.26. The van der Waals surface area contributed by atoms with Crippen LogP contribution in [0.15, 0.2) is 47.8 Å². The smallest absolute Gasteiger partial charge is 0.102 e. The number of benzene rings is 1. The summed E-state index contributed by atoms with van der Waals surface area (Å²) in [6.07, 6.45) is 5.04. The van der Waals surface area contributed by atoms with E-state index in [1.807, 2.05) is 31.2 Å². The third-order valence-corrected chi connectivity index (χ3v) is 2.26. The number of rotatable bonds is 2. The Balaban J connectivity index is 2.28. The van der Waals surface area contributed by atoms with Crippen LogP contribution < -0.4 is 0 Å². The third kappa shape index (κ3) is 2.51. The average Bonchev–Trinajstić information content (AvgIpc) is 2.33. The lowest BCUT2D eigenvalue weighted by atomic mass is 10.2. The van der Waals surface area contributed by atoms with Crippen molar-refractivity contribution in [3.63, 3.8) is 0 Å². The minimum Gasteiger partial charge on any atom is -0.261 e. The fraction of sp³-hybridized carbons (Fsp3) is 0.154. The summed E-state index contributed by atoms with van der Waals surface area (Å²) in [4.78, 5) is 12.7. The summed E-state index contributed by atoms with van der Waals surface area (Å²) in [6.45, 7) is 3.99. The molecular weight excluding hydrogens is 198 g/mol. The molecule has 2 rings (SSSR count). The fourth-order valence-corrected chi connectivity index (χ4v) is 1.36. The van der Waals surface area contributed by atoms with Crippen LogP contribution in [0.1, 0.15) is 18.2 Å². The van der Waals surface area contributed by atoms with Gasteiger partial charge in [0.05, 0.1) is 17.6 Å². The molecule has 0 aliphatic rings. The van der Waals surface area contributed by atoms with Crippen LogP contribution in [-0.2, 0) is 0 Å². The van der Waals surface area contributed by atoms with E-state index in [2.05, 4.69) is 21.9 Å². The quantitative estimate of drug-likeness (QED) is 0.716. The molecule has 1 aromatic carbocycles. The van der Waals surface area contributed by atoms with Gasteiger partial charge in [0.25, 0.3) is 0 Å². The van der Waals surface area contributed by atoms with Gasteiger partial charge in [-0.2, -0.15) is 0 Å². The molecule has 0 amide bonds. The normalized spacial score (nSPS) is 11.5. The minimum absolute atomic E-state index is 0.808. The largest absolute Gasteiger partial charge is 0.261 e. The first kappa shape index (κ1) is 10.5. The monoisotopic (exact) mass is 211 g/mol. The van der Waals surface area contributed by atoms with Crippen LogP contribution in [0.25, 0.3) is 0 Å². The molecule has 0 aliphatic carbocycles. The van der Waals surface area contributed by atoms with E-state index in [4.69, 9.17) is 0 Å². The maximum absolute atomic E-state index is 4.48. The van der Waals surface area contributed by atoms with E-state index in [-0.39, 0.29) is 0 Å². The average molecular weight is 211 g/mol. The van der Waals surface area contributed by atoms with Crippen molar-refractivity contribution in [2.45, 2.75) is 13.8 Å². The highest BCUT2D eigenvalue weighted by Crippen LogP contribution is 2.13. The van der Waals surface area contributed by atoms with Gasteiger partial charge < -0.3 is 0 Å². The molecule has 0 bridgehead atoms. The Hall–Kier alpha value is -2.03. The summed E-state index contributed by atoms with van der Waals surface area (Å²) in [5, 5.41) is 0. The minimum atomic E-state index is 0.808. The second-order valence-electron chi connectivity index (χ2n) is 3.62. The molecule has 0 radical (unpaired) electrons. The Bertz CT molecular complexity index is 486. The van der Waals surface area contributed by atoms with Crippen molar-refractivity contribution in [1.82, 2.24) is 9.97 Å². The van der Waals surface area contributed by atoms with Crippen molar-refractivity contribution < 1.29 is 0 Å². The highest BCUT2D eigenvalue weighted by molar-refractivity contribution is 5.98. The van der Waals surface area contributed by atoms with E-state index in [9.17, 15) is 0 Å². The molecule has 0 atom stereocenters. The lowest BCUT2D eigenvalue weighted by Crippen LogP contribution is -1.97. The first-order chi connectivity index (χ1) is 7.75. The molecule has 0 fully saturated rings. The van der Waals surface area contributed by atoms with E-state index in [1.165, 1.54) is 5.56 Å². The summed E-state index contributed by atoms with van der Waals surface area (Å²) in [7, 11) is 0. The van der Waals surface area contributed by atoms with Crippen molar-refractivity contribution in [1.29, 1.82) is 0 Å². The Morgan fingerprint density at radius 3 is 2.50 bits per heavy atom. The first-order valence-electron chi connectivity index (χ1n) is 5.14. The van der Waals surface area contributed by atoms with Crippen molar-refractivity contribution in [3.05, 3.63) is 54.1 Å². The summed E-state index contributed by atoms with van der Waals surface area (Å²) in [5.74, 6) is 0. The molecule has 1 heterocycles. The number of nitrogens with zero attached hydrogens (tertiary/aromatic N) is 3. The lowest BCUT2D eigenvalue weighted by molar-refractivity contribution is 1.17. The zero-order valence-corrected chi connectivity index (χ0v) is 9.38. The van der Waals surface area contributed by atoms with Crippen LogP contribution in [0.2, 0.25) is 0 Å². The van der Waals surface area contributed by atoms with Crippen LogP contribution in [0, 0.1) is 6.92 Å². The Labute approximate surface area is 94.9 Å². The second kappa shape index (κ2) is 4.66. The fourth-order valence-electron chi connectivity index (χ4n) is 1.36. The predicted molar refractivity (Wildman–Crippen MR) is 65.1 cm³/mol. The van der Waals surface area contributed by atoms with Gasteiger partial charge in [-0.25, -0.2) is 0 Å². The van der Waals surface area contributed by atoms with Crippen LogP contribution in [-0.4, -0.2) is 15.7 Å². The molecule has 16 heavy (non-hydrogen) atoms. The Morgan fingerprint density at radius 2 is 1.88 bits per heavy atom. The van der Waals surface area contributed by atoms with Crippen molar-refractivity contribution in [2.75, 3.05) is 0 Å². The van der Waals surface area contributed by atoms with Crippen molar-refractivity contribution in [2.24, 2.45) is 4.99 Å². The van der Waals surface area contributed by atoms with Crippen molar-refractivity contribution >= 4 is 11.4 Å². The van der Waals surface area contributed by atoms with Crippen LogP contribution in [0.4, 0.5) is 5.69 Å². The van der Waals surface area contributed by atoms with E-state index >= 15 is 0 Å². The number of aryl methyl sites for hydroxylation is 1. The van der Waals surface area contributed by atoms with E-state index in [0.717, 1.165) is 17.1 Å². The van der Waals surface area contributed by atoms with Gasteiger partial charge in [-0.05, 0) is 26.0 Å². The maximum atomic E-state index is 4.48. The highest BCUT2D eigenvalue weighted by atomic mass is 14.8. The lowest BCUT2D eigenvalue weighted by Gasteiger charge is -1.99. The van der Waals surface area contributed by atoms with Gasteiger partial charge >= 0.3 is 0 Å². The molecule has 0 N–H and O–H groups in total. The zero-order chi connectivity index (χ0) is 11.4. The highest BCUT2D eigenvalue weighted by Gasteiger charge is 1.98. The number of hydrogen-bond acceptors (Lipinski definition) is 3. The SMILES string of the molecule is CC(=Nc1ccc(C)cc1)c1cnccn1. The Morgan fingerprint density at radius 1 is 1.12 bits per heavy atom. The van der Waals surface area contributed by atoms with Gasteiger partial charge in [0, 0.05) is 12.4 Å². The van der Waals surface area contributed by atoms with Crippen molar-refractivity contribution in [3.8, 4) is 0 Å². The summed E-state index contributed by atoms with van der Waals surface area (Å²) in [6, 6.07) is 8.08. The maximum Gasteiger partial charge on any atom is 0.102 e. The van der Waals surface area contributed by atoms with Crippen LogP contribution in [0.3, 0.4) is 0 Å². The van der Waals surface area contributed by atoms with Crippen LogP contribution >= 0.6 is 0 Å². The molecule has 0 saturated heterocycles. The van der Waals surface area contributed by atoms with E-state index in [1.54, 1.807) is 18.6 Å². The summed E-state index contributed by atoms with van der Waals surface area (Å²) < 4.78 is 0.